The number of aromatic nitrogens is 1. The number of rotatable bonds is 1. The first kappa shape index (κ1) is 20.3. The largest absolute Gasteiger partial charge is 0.673 e. The average molecular weight is 450 g/mol. The summed E-state index contributed by atoms with van der Waals surface area (Å²) in [6, 6.07) is 23.8. The topological polar surface area (TPSA) is 3.88 Å². The van der Waals surface area contributed by atoms with Crippen LogP contribution in [0.5, 0.6) is 0 Å². The Hall–Kier alpha value is -2.41. The minimum Gasteiger partial charge on any atom is -0.418 e. The quantitative estimate of drug-likeness (QED) is 0.129. The zero-order valence-corrected chi connectivity index (χ0v) is 16.9. The van der Waals surface area contributed by atoms with Gasteiger partial charge in [0.15, 0.2) is 0 Å². The molecule has 4 aromatic rings. The molecule has 4 rings (SSSR count). The summed E-state index contributed by atoms with van der Waals surface area (Å²) in [6.45, 7) is 2.12. The zero-order valence-electron chi connectivity index (χ0n) is 15.3. The summed E-state index contributed by atoms with van der Waals surface area (Å²) in [5.41, 5.74) is 6.28. The highest BCUT2D eigenvalue weighted by atomic mass is 79.9. The van der Waals surface area contributed by atoms with Crippen molar-refractivity contribution in [2.75, 3.05) is 0 Å². The first-order valence-electron chi connectivity index (χ1n) is 8.60. The van der Waals surface area contributed by atoms with Gasteiger partial charge in [-0.3, -0.25) is 0 Å². The van der Waals surface area contributed by atoms with Gasteiger partial charge < -0.3 is 17.3 Å². The molecule has 0 amide bonds. The lowest BCUT2D eigenvalue weighted by atomic mass is 9.95. The van der Waals surface area contributed by atoms with E-state index in [1.807, 2.05) is 0 Å². The van der Waals surface area contributed by atoms with Crippen LogP contribution in [0.3, 0.4) is 0 Å². The molecule has 0 N–H and O–H groups in total. The first-order chi connectivity index (χ1) is 13.2. The van der Waals surface area contributed by atoms with Crippen LogP contribution in [0.1, 0.15) is 5.56 Å². The summed E-state index contributed by atoms with van der Waals surface area (Å²) >= 11 is 3.77. The third-order valence-electron chi connectivity index (χ3n) is 4.46. The van der Waals surface area contributed by atoms with Gasteiger partial charge in [0.25, 0.3) is 0 Å². The lowest BCUT2D eigenvalue weighted by molar-refractivity contribution is -0.617. The molecule has 0 atom stereocenters. The van der Waals surface area contributed by atoms with Crippen LogP contribution < -0.4 is 4.57 Å². The Balaban J connectivity index is 0.000000403. The summed E-state index contributed by atoms with van der Waals surface area (Å²) < 4.78 is 42.4. The maximum atomic E-state index is 9.75. The number of nitrogens with zero attached hydrogens (tertiary/aromatic N) is 1. The van der Waals surface area contributed by atoms with Crippen LogP contribution in [0, 0.1) is 6.92 Å². The Kier molecular flexibility index (Phi) is 5.75. The molecule has 28 heavy (non-hydrogen) atoms. The minimum absolute atomic E-state index is 1.14. The molecule has 7 heteroatoms. The summed E-state index contributed by atoms with van der Waals surface area (Å²) in [5.74, 6) is 0. The van der Waals surface area contributed by atoms with E-state index >= 15 is 0 Å². The smallest absolute Gasteiger partial charge is 0.418 e. The molecule has 0 aliphatic heterocycles. The molecule has 0 saturated carbocycles. The molecule has 0 aliphatic rings. The third-order valence-corrected chi connectivity index (χ3v) is 5.12. The predicted molar refractivity (Wildman–Crippen MR) is 111 cm³/mol. The predicted octanol–water partition coefficient (Wildman–Crippen LogP) is 6.86. The molecular formula is C21H17BBrF4N. The maximum absolute atomic E-state index is 9.75. The molecule has 144 valence electrons. The van der Waals surface area contributed by atoms with Gasteiger partial charge in [0.1, 0.15) is 7.05 Å². The van der Waals surface area contributed by atoms with E-state index in [9.17, 15) is 17.3 Å². The number of pyridine rings is 1. The highest BCUT2D eigenvalue weighted by Gasteiger charge is 2.21. The van der Waals surface area contributed by atoms with Crippen molar-refractivity contribution in [3.63, 3.8) is 0 Å². The van der Waals surface area contributed by atoms with Crippen molar-refractivity contribution in [3.05, 3.63) is 76.8 Å². The third kappa shape index (κ3) is 4.35. The van der Waals surface area contributed by atoms with E-state index in [1.54, 1.807) is 0 Å². The maximum Gasteiger partial charge on any atom is 0.673 e. The van der Waals surface area contributed by atoms with Gasteiger partial charge in [-0.05, 0) is 36.2 Å². The average Bonchev–Trinajstić information content (AvgIpc) is 2.62. The molecule has 0 bridgehead atoms. The van der Waals surface area contributed by atoms with E-state index in [0.29, 0.717) is 0 Å². The van der Waals surface area contributed by atoms with Crippen LogP contribution in [0.25, 0.3) is 32.9 Å². The highest BCUT2D eigenvalue weighted by Crippen LogP contribution is 2.37. The van der Waals surface area contributed by atoms with Crippen LogP contribution in [0.15, 0.2) is 71.2 Å². The molecule has 0 aliphatic carbocycles. The lowest BCUT2D eigenvalue weighted by Crippen LogP contribution is -2.30. The molecular weight excluding hydrogens is 433 g/mol. The van der Waals surface area contributed by atoms with E-state index in [-0.39, 0.29) is 0 Å². The minimum atomic E-state index is -6.00. The molecule has 1 heterocycles. The number of para-hydroxylation sites is 2. The molecule has 0 saturated heterocycles. The van der Waals surface area contributed by atoms with Gasteiger partial charge in [0, 0.05) is 22.2 Å². The van der Waals surface area contributed by atoms with Crippen LogP contribution in [-0.2, 0) is 7.05 Å². The van der Waals surface area contributed by atoms with Crippen molar-refractivity contribution < 1.29 is 21.8 Å². The number of benzene rings is 3. The molecule has 0 unspecified atom stereocenters. The van der Waals surface area contributed by atoms with Crippen LogP contribution in [0.2, 0.25) is 0 Å². The fourth-order valence-corrected chi connectivity index (χ4v) is 4.03. The second kappa shape index (κ2) is 7.91. The normalized spacial score (nSPS) is 11.4. The summed E-state index contributed by atoms with van der Waals surface area (Å²) in [4.78, 5) is 0. The van der Waals surface area contributed by atoms with Crippen LogP contribution >= 0.6 is 15.9 Å². The molecule has 0 radical (unpaired) electrons. The van der Waals surface area contributed by atoms with Gasteiger partial charge in [-0.15, -0.1) is 0 Å². The lowest BCUT2D eigenvalue weighted by Gasteiger charge is -2.12. The Bertz CT molecular complexity index is 1100. The highest BCUT2D eigenvalue weighted by molar-refractivity contribution is 9.10. The molecule has 0 spiro atoms. The Labute approximate surface area is 168 Å². The Morgan fingerprint density at radius 3 is 1.71 bits per heavy atom. The molecule has 1 aromatic heterocycles. The summed E-state index contributed by atoms with van der Waals surface area (Å²) in [5, 5.41) is 2.55. The van der Waals surface area contributed by atoms with E-state index in [1.165, 1.54) is 38.5 Å². The molecule has 0 fully saturated rings. The monoisotopic (exact) mass is 449 g/mol. The van der Waals surface area contributed by atoms with Crippen LogP contribution in [-0.4, -0.2) is 7.25 Å². The van der Waals surface area contributed by atoms with Crippen molar-refractivity contribution in [2.45, 2.75) is 6.92 Å². The SMILES string of the molecule is Cc1ccc(-c2c3ccccc3[n+](C)c3ccccc23)c(Br)c1.F[B-](F)(F)F. The molecule has 1 nitrogen and oxygen atoms in total. The van der Waals surface area contributed by atoms with E-state index < -0.39 is 7.25 Å². The summed E-state index contributed by atoms with van der Waals surface area (Å²) in [7, 11) is -3.86. The van der Waals surface area contributed by atoms with E-state index in [2.05, 4.69) is 101 Å². The standard InChI is InChI=1S/C21H17BrN.BF4/c1-14-11-12-15(18(22)13-14)21-16-7-3-5-9-19(16)23(2)20-10-6-4-8-17(20)21;2-1(3,4)5/h3-13H,1-2H3;/q+1;-1. The number of hydrogen-bond acceptors (Lipinski definition) is 0. The zero-order chi connectivity index (χ0) is 20.5. The van der Waals surface area contributed by atoms with Gasteiger partial charge in [0.05, 0.1) is 10.8 Å². The Morgan fingerprint density at radius 1 is 0.786 bits per heavy atom. The van der Waals surface area contributed by atoms with Crippen molar-refractivity contribution >= 4 is 45.0 Å². The van der Waals surface area contributed by atoms with Crippen molar-refractivity contribution in [1.82, 2.24) is 0 Å². The second-order valence-electron chi connectivity index (χ2n) is 6.45. The van der Waals surface area contributed by atoms with Gasteiger partial charge in [-0.25, -0.2) is 0 Å². The van der Waals surface area contributed by atoms with Crippen molar-refractivity contribution in [3.8, 4) is 11.1 Å². The van der Waals surface area contributed by atoms with Gasteiger partial charge in [0.2, 0.25) is 11.0 Å². The summed E-state index contributed by atoms with van der Waals surface area (Å²) in [6.07, 6.45) is 0. The number of halogens is 5. The van der Waals surface area contributed by atoms with Gasteiger partial charge in [-0.1, -0.05) is 52.3 Å². The van der Waals surface area contributed by atoms with Crippen molar-refractivity contribution in [1.29, 1.82) is 0 Å². The second-order valence-corrected chi connectivity index (χ2v) is 7.30. The fourth-order valence-electron chi connectivity index (χ4n) is 3.34. The number of hydrogen-bond donors (Lipinski definition) is 0. The number of fused-ring (bicyclic) bond motifs is 2. The van der Waals surface area contributed by atoms with Crippen LogP contribution in [0.4, 0.5) is 17.3 Å². The van der Waals surface area contributed by atoms with Gasteiger partial charge >= 0.3 is 7.25 Å². The molecule has 3 aromatic carbocycles. The first-order valence-corrected chi connectivity index (χ1v) is 9.39. The van der Waals surface area contributed by atoms with E-state index in [0.717, 1.165) is 4.47 Å². The van der Waals surface area contributed by atoms with Crippen molar-refractivity contribution in [2.24, 2.45) is 7.05 Å². The number of aryl methyl sites for hydroxylation is 2. The van der Waals surface area contributed by atoms with Gasteiger partial charge in [-0.2, -0.15) is 4.57 Å². The fraction of sp³-hybridized carbons (Fsp3) is 0.0952. The Morgan fingerprint density at radius 2 is 1.25 bits per heavy atom. The van der Waals surface area contributed by atoms with E-state index in [4.69, 9.17) is 0 Å².